The van der Waals surface area contributed by atoms with E-state index in [1.807, 2.05) is 0 Å². The van der Waals surface area contributed by atoms with Gasteiger partial charge < -0.3 is 28.6 Å². The molecule has 0 aromatic heterocycles. The SMILES string of the molecule is CCC/C=C\C/C=C\CCCCCCCC(=O)OCC(COCCC(C(=O)[O-])[N+](C)(C)C)OC(=O)CCCCCCC/C=C\C/C=C\CCCC. The van der Waals surface area contributed by atoms with Gasteiger partial charge in [-0.2, -0.15) is 0 Å². The Morgan fingerprint density at radius 3 is 1.59 bits per heavy atom. The maximum atomic E-state index is 12.7. The summed E-state index contributed by atoms with van der Waals surface area (Å²) in [5, 5.41) is 11.6. The smallest absolute Gasteiger partial charge is 0.306 e. The van der Waals surface area contributed by atoms with Crippen LogP contribution in [-0.2, 0) is 28.6 Å². The van der Waals surface area contributed by atoms with Crippen molar-refractivity contribution in [3.05, 3.63) is 48.6 Å². The van der Waals surface area contributed by atoms with Gasteiger partial charge in [-0.15, -0.1) is 0 Å². The molecule has 0 bridgehead atoms. The molecule has 0 rings (SSSR count). The number of rotatable bonds is 35. The lowest BCUT2D eigenvalue weighted by Crippen LogP contribution is -2.55. The molecule has 0 aliphatic carbocycles. The molecule has 0 amide bonds. The van der Waals surface area contributed by atoms with E-state index in [2.05, 4.69) is 62.5 Å². The van der Waals surface area contributed by atoms with Crippen molar-refractivity contribution in [3.63, 3.8) is 0 Å². The zero-order chi connectivity index (χ0) is 37.8. The Bertz CT molecular complexity index is 979. The predicted octanol–water partition coefficient (Wildman–Crippen LogP) is 9.13. The van der Waals surface area contributed by atoms with Crippen LogP contribution < -0.4 is 5.11 Å². The van der Waals surface area contributed by atoms with E-state index >= 15 is 0 Å². The Balaban J connectivity index is 4.45. The fourth-order valence-electron chi connectivity index (χ4n) is 5.48. The third-order valence-corrected chi connectivity index (χ3v) is 8.67. The molecular weight excluding hydrogens is 642 g/mol. The standard InChI is InChI=1S/C43H75NO7/c1-6-8-10-12-14-16-18-20-22-24-26-28-30-32-34-42(46)51-39(37-49-36-35-40(43(47)48)44(3,4)5)38-50-41(45)33-31-29-27-25-23-21-19-17-15-13-11-9-7-2/h11-14,17-20,39-40H,6-10,15-16,21-38H2,1-5H3/b13-11-,14-12-,19-17-,20-18-. The van der Waals surface area contributed by atoms with E-state index in [0.29, 0.717) is 12.8 Å². The number of allylic oxidation sites excluding steroid dienone is 8. The molecule has 0 N–H and O–H groups in total. The minimum absolute atomic E-state index is 0.0292. The zero-order valence-corrected chi connectivity index (χ0v) is 33.3. The molecule has 0 fully saturated rings. The fraction of sp³-hybridized carbons (Fsp3) is 0.744. The highest BCUT2D eigenvalue weighted by molar-refractivity contribution is 5.70. The molecule has 0 aromatic rings. The first-order valence-electron chi connectivity index (χ1n) is 20.2. The van der Waals surface area contributed by atoms with Crippen molar-refractivity contribution in [1.82, 2.24) is 0 Å². The third-order valence-electron chi connectivity index (χ3n) is 8.67. The number of nitrogens with zero attached hydrogens (tertiary/aromatic N) is 1. The summed E-state index contributed by atoms with van der Waals surface area (Å²) in [6.45, 7) is 4.51. The van der Waals surface area contributed by atoms with Crippen LogP contribution in [-0.4, -0.2) is 75.5 Å². The topological polar surface area (TPSA) is 102 Å². The first-order chi connectivity index (χ1) is 24.6. The second-order valence-corrected chi connectivity index (χ2v) is 14.5. The molecule has 0 heterocycles. The quantitative estimate of drug-likeness (QED) is 0.0279. The monoisotopic (exact) mass is 718 g/mol. The van der Waals surface area contributed by atoms with Crippen molar-refractivity contribution in [3.8, 4) is 0 Å². The Kier molecular flexibility index (Phi) is 32.6. The molecule has 0 aromatic carbocycles. The van der Waals surface area contributed by atoms with Crippen LogP contribution in [0.25, 0.3) is 0 Å². The second kappa shape index (κ2) is 34.4. The maximum Gasteiger partial charge on any atom is 0.306 e. The summed E-state index contributed by atoms with van der Waals surface area (Å²) in [7, 11) is 5.38. The van der Waals surface area contributed by atoms with Gasteiger partial charge in [0.1, 0.15) is 12.6 Å². The number of esters is 2. The third kappa shape index (κ3) is 32.9. The number of carbonyl (C=O) groups is 3. The van der Waals surface area contributed by atoms with E-state index in [1.165, 1.54) is 25.7 Å². The second-order valence-electron chi connectivity index (χ2n) is 14.5. The van der Waals surface area contributed by atoms with E-state index in [4.69, 9.17) is 14.2 Å². The largest absolute Gasteiger partial charge is 0.544 e. The average molecular weight is 718 g/mol. The van der Waals surface area contributed by atoms with Gasteiger partial charge in [0.25, 0.3) is 0 Å². The molecule has 0 radical (unpaired) electrons. The van der Waals surface area contributed by atoms with E-state index in [1.54, 1.807) is 21.1 Å². The molecule has 0 spiro atoms. The molecule has 0 aliphatic rings. The van der Waals surface area contributed by atoms with Crippen LogP contribution in [0.3, 0.4) is 0 Å². The highest BCUT2D eigenvalue weighted by atomic mass is 16.6. The van der Waals surface area contributed by atoms with Gasteiger partial charge in [0.2, 0.25) is 0 Å². The van der Waals surface area contributed by atoms with Gasteiger partial charge in [0.05, 0.1) is 40.3 Å². The van der Waals surface area contributed by atoms with Crippen molar-refractivity contribution in [2.45, 2.75) is 167 Å². The highest BCUT2D eigenvalue weighted by Gasteiger charge is 2.25. The molecule has 8 nitrogen and oxygen atoms in total. The van der Waals surface area contributed by atoms with Gasteiger partial charge in [0.15, 0.2) is 6.10 Å². The summed E-state index contributed by atoms with van der Waals surface area (Å²) in [6.07, 6.45) is 38.4. The lowest BCUT2D eigenvalue weighted by molar-refractivity contribution is -0.889. The Morgan fingerprint density at radius 1 is 0.588 bits per heavy atom. The molecule has 0 aliphatic heterocycles. The Morgan fingerprint density at radius 2 is 1.08 bits per heavy atom. The van der Waals surface area contributed by atoms with Crippen LogP contribution in [0.1, 0.15) is 155 Å². The van der Waals surface area contributed by atoms with Gasteiger partial charge in [-0.1, -0.05) is 120 Å². The number of unbranched alkanes of at least 4 members (excludes halogenated alkanes) is 13. The van der Waals surface area contributed by atoms with Crippen molar-refractivity contribution >= 4 is 17.9 Å². The number of hydrogen-bond donors (Lipinski definition) is 0. The molecule has 0 saturated heterocycles. The number of carboxylic acids is 1. The van der Waals surface area contributed by atoms with Crippen molar-refractivity contribution in [2.24, 2.45) is 0 Å². The summed E-state index contributed by atoms with van der Waals surface area (Å²) in [5.74, 6) is -1.78. The lowest BCUT2D eigenvalue weighted by Gasteiger charge is -2.34. The lowest BCUT2D eigenvalue weighted by atomic mass is 10.1. The van der Waals surface area contributed by atoms with E-state index in [9.17, 15) is 19.5 Å². The summed E-state index contributed by atoms with van der Waals surface area (Å²) >= 11 is 0. The molecular formula is C43H75NO7. The van der Waals surface area contributed by atoms with Gasteiger partial charge in [-0.05, 0) is 64.2 Å². The minimum Gasteiger partial charge on any atom is -0.544 e. The van der Waals surface area contributed by atoms with E-state index in [0.717, 1.165) is 96.3 Å². The van der Waals surface area contributed by atoms with E-state index in [-0.39, 0.29) is 42.7 Å². The Hall–Kier alpha value is -2.71. The van der Waals surface area contributed by atoms with Crippen LogP contribution >= 0.6 is 0 Å². The van der Waals surface area contributed by atoms with Crippen molar-refractivity contribution in [1.29, 1.82) is 0 Å². The highest BCUT2D eigenvalue weighted by Crippen LogP contribution is 2.12. The summed E-state index contributed by atoms with van der Waals surface area (Å²) in [6, 6.07) is -0.730. The van der Waals surface area contributed by atoms with Crippen LogP contribution in [0.5, 0.6) is 0 Å². The molecule has 2 unspecified atom stereocenters. The number of ether oxygens (including phenoxy) is 3. The number of hydrogen-bond acceptors (Lipinski definition) is 7. The van der Waals surface area contributed by atoms with Gasteiger partial charge in [-0.3, -0.25) is 9.59 Å². The van der Waals surface area contributed by atoms with Crippen molar-refractivity contribution < 1.29 is 38.2 Å². The molecule has 51 heavy (non-hydrogen) atoms. The van der Waals surface area contributed by atoms with Gasteiger partial charge in [-0.25, -0.2) is 0 Å². The summed E-state index contributed by atoms with van der Waals surface area (Å²) in [5.41, 5.74) is 0. The molecule has 294 valence electrons. The molecule has 2 atom stereocenters. The normalized spacial score (nSPS) is 13.5. The number of aliphatic carboxylic acids is 1. The number of quaternary nitrogens is 1. The first-order valence-corrected chi connectivity index (χ1v) is 20.2. The maximum absolute atomic E-state index is 12.7. The first kappa shape index (κ1) is 48.3. The van der Waals surface area contributed by atoms with Gasteiger partial charge >= 0.3 is 11.9 Å². The minimum atomic E-state index is -1.13. The van der Waals surface area contributed by atoms with Gasteiger partial charge in [0, 0.05) is 19.3 Å². The van der Waals surface area contributed by atoms with E-state index < -0.39 is 18.1 Å². The molecule has 0 saturated carbocycles. The number of carboxylic acid groups (broad SMARTS) is 1. The predicted molar refractivity (Wildman–Crippen MR) is 208 cm³/mol. The molecule has 8 heteroatoms. The summed E-state index contributed by atoms with van der Waals surface area (Å²) < 4.78 is 17.1. The van der Waals surface area contributed by atoms with Crippen LogP contribution in [0.2, 0.25) is 0 Å². The fourth-order valence-corrected chi connectivity index (χ4v) is 5.48. The summed E-state index contributed by atoms with van der Waals surface area (Å²) in [4.78, 5) is 36.7. The number of carbonyl (C=O) groups excluding carboxylic acids is 3. The van der Waals surface area contributed by atoms with Crippen molar-refractivity contribution in [2.75, 3.05) is 41.0 Å². The van der Waals surface area contributed by atoms with Crippen LogP contribution in [0, 0.1) is 0 Å². The average Bonchev–Trinajstić information content (AvgIpc) is 3.08. The van der Waals surface area contributed by atoms with Crippen LogP contribution in [0.4, 0.5) is 0 Å². The number of likely N-dealkylation sites (N-methyl/N-ethyl adjacent to an activating group) is 1. The van der Waals surface area contributed by atoms with Crippen LogP contribution in [0.15, 0.2) is 48.6 Å². The zero-order valence-electron chi connectivity index (χ0n) is 33.3. The Labute approximate surface area is 312 Å².